The van der Waals surface area contributed by atoms with Crippen molar-refractivity contribution in [3.05, 3.63) is 0 Å². The van der Waals surface area contributed by atoms with Gasteiger partial charge in [0.05, 0.1) is 6.61 Å². The van der Waals surface area contributed by atoms with Crippen LogP contribution in [-0.2, 0) is 0 Å². The highest BCUT2D eigenvalue weighted by Crippen LogP contribution is 2.38. The van der Waals surface area contributed by atoms with Crippen molar-refractivity contribution in [1.29, 1.82) is 0 Å². The lowest BCUT2D eigenvalue weighted by Crippen LogP contribution is -2.46. The minimum Gasteiger partial charge on any atom is -0.395 e. The first-order chi connectivity index (χ1) is 8.63. The molecule has 0 aromatic heterocycles. The molecule has 1 fully saturated rings. The van der Waals surface area contributed by atoms with Crippen LogP contribution < -0.4 is 5.32 Å². The average Bonchev–Trinajstić information content (AvgIpc) is 2.78. The fraction of sp³-hybridized carbons (Fsp3) is 1.00. The Hall–Kier alpha value is -0.120. The molecule has 1 rings (SSSR count). The molecule has 0 radical (unpaired) electrons. The SMILES string of the molecule is CCCNCC1(CN(CCO)C(C)C)CCCC1. The first kappa shape index (κ1) is 15.9. The molecule has 1 aliphatic carbocycles. The zero-order chi connectivity index (χ0) is 13.4. The van der Waals surface area contributed by atoms with Crippen LogP contribution in [0.2, 0.25) is 0 Å². The largest absolute Gasteiger partial charge is 0.395 e. The Kier molecular flexibility index (Phi) is 7.20. The first-order valence-corrected chi connectivity index (χ1v) is 7.69. The lowest BCUT2D eigenvalue weighted by Gasteiger charge is -2.37. The van der Waals surface area contributed by atoms with Crippen LogP contribution in [0.25, 0.3) is 0 Å². The van der Waals surface area contributed by atoms with Gasteiger partial charge in [-0.25, -0.2) is 0 Å². The summed E-state index contributed by atoms with van der Waals surface area (Å²) in [5.74, 6) is 0. The molecule has 2 N–H and O–H groups in total. The Morgan fingerprint density at radius 2 is 1.94 bits per heavy atom. The van der Waals surface area contributed by atoms with Crippen molar-refractivity contribution < 1.29 is 5.11 Å². The van der Waals surface area contributed by atoms with E-state index in [1.165, 1.54) is 32.1 Å². The maximum Gasteiger partial charge on any atom is 0.0558 e. The minimum absolute atomic E-state index is 0.274. The monoisotopic (exact) mass is 256 g/mol. The average molecular weight is 256 g/mol. The first-order valence-electron chi connectivity index (χ1n) is 7.69. The van der Waals surface area contributed by atoms with Crippen LogP contribution in [0.5, 0.6) is 0 Å². The summed E-state index contributed by atoms with van der Waals surface area (Å²) in [4.78, 5) is 2.44. The molecule has 0 atom stereocenters. The predicted octanol–water partition coefficient (Wildman–Crippen LogP) is 2.25. The number of nitrogens with one attached hydrogen (secondary N) is 1. The molecule has 3 heteroatoms. The molecule has 0 spiro atoms. The van der Waals surface area contributed by atoms with E-state index in [2.05, 4.69) is 31.0 Å². The Morgan fingerprint density at radius 1 is 1.28 bits per heavy atom. The summed E-state index contributed by atoms with van der Waals surface area (Å²) in [5, 5.41) is 12.8. The van der Waals surface area contributed by atoms with Crippen LogP contribution >= 0.6 is 0 Å². The standard InChI is InChI=1S/C15H32N2O/c1-4-9-16-12-15(7-5-6-8-15)13-17(10-11-18)14(2)3/h14,16,18H,4-13H2,1-3H3. The minimum atomic E-state index is 0.274. The maximum absolute atomic E-state index is 9.20. The van der Waals surface area contributed by atoms with E-state index in [1.54, 1.807) is 0 Å². The van der Waals surface area contributed by atoms with Gasteiger partial charge in [-0.05, 0) is 45.1 Å². The summed E-state index contributed by atoms with van der Waals surface area (Å²) in [5.41, 5.74) is 0.453. The highest BCUT2D eigenvalue weighted by molar-refractivity contribution is 4.90. The number of rotatable bonds is 9. The molecule has 0 amide bonds. The number of aliphatic hydroxyl groups is 1. The van der Waals surface area contributed by atoms with Crippen LogP contribution in [0, 0.1) is 5.41 Å². The quantitative estimate of drug-likeness (QED) is 0.621. The second-order valence-electron chi connectivity index (χ2n) is 6.17. The molecular weight excluding hydrogens is 224 g/mol. The summed E-state index contributed by atoms with van der Waals surface area (Å²) in [6.07, 6.45) is 6.65. The zero-order valence-corrected chi connectivity index (χ0v) is 12.5. The summed E-state index contributed by atoms with van der Waals surface area (Å²) >= 11 is 0. The van der Waals surface area contributed by atoms with Crippen molar-refractivity contribution in [2.24, 2.45) is 5.41 Å². The van der Waals surface area contributed by atoms with Crippen molar-refractivity contribution >= 4 is 0 Å². The van der Waals surface area contributed by atoms with Crippen molar-refractivity contribution in [3.8, 4) is 0 Å². The van der Waals surface area contributed by atoms with Gasteiger partial charge in [-0.1, -0.05) is 19.8 Å². The number of hydrogen-bond acceptors (Lipinski definition) is 3. The van der Waals surface area contributed by atoms with Gasteiger partial charge in [0.2, 0.25) is 0 Å². The fourth-order valence-electron chi connectivity index (χ4n) is 3.13. The van der Waals surface area contributed by atoms with Gasteiger partial charge in [0.1, 0.15) is 0 Å². The van der Waals surface area contributed by atoms with Gasteiger partial charge in [0, 0.05) is 25.7 Å². The molecular formula is C15H32N2O. The molecule has 108 valence electrons. The van der Waals surface area contributed by atoms with Crippen molar-refractivity contribution in [1.82, 2.24) is 10.2 Å². The third-order valence-corrected chi connectivity index (χ3v) is 4.25. The molecule has 0 heterocycles. The Balaban J connectivity index is 2.54. The second-order valence-corrected chi connectivity index (χ2v) is 6.17. The molecule has 0 saturated heterocycles. The van der Waals surface area contributed by atoms with E-state index in [4.69, 9.17) is 0 Å². The van der Waals surface area contributed by atoms with Crippen LogP contribution in [-0.4, -0.2) is 48.8 Å². The maximum atomic E-state index is 9.20. The van der Waals surface area contributed by atoms with E-state index in [0.29, 0.717) is 11.5 Å². The Morgan fingerprint density at radius 3 is 2.44 bits per heavy atom. The van der Waals surface area contributed by atoms with Crippen molar-refractivity contribution in [2.45, 2.75) is 58.9 Å². The van der Waals surface area contributed by atoms with E-state index in [-0.39, 0.29) is 6.61 Å². The number of nitrogens with zero attached hydrogens (tertiary/aromatic N) is 1. The van der Waals surface area contributed by atoms with Crippen molar-refractivity contribution in [2.75, 3.05) is 32.8 Å². The van der Waals surface area contributed by atoms with E-state index in [1.807, 2.05) is 0 Å². The molecule has 1 aliphatic rings. The lowest BCUT2D eigenvalue weighted by atomic mass is 9.85. The summed E-state index contributed by atoms with van der Waals surface area (Å²) in [6.45, 7) is 11.2. The third kappa shape index (κ3) is 4.87. The van der Waals surface area contributed by atoms with Gasteiger partial charge >= 0.3 is 0 Å². The predicted molar refractivity (Wildman–Crippen MR) is 77.9 cm³/mol. The van der Waals surface area contributed by atoms with E-state index in [0.717, 1.165) is 26.2 Å². The van der Waals surface area contributed by atoms with Gasteiger partial charge in [-0.3, -0.25) is 4.90 Å². The molecule has 0 bridgehead atoms. The van der Waals surface area contributed by atoms with Crippen LogP contribution in [0.1, 0.15) is 52.9 Å². The third-order valence-electron chi connectivity index (χ3n) is 4.25. The Labute approximate surface area is 113 Å². The summed E-state index contributed by atoms with van der Waals surface area (Å²) in [6, 6.07) is 0.529. The smallest absolute Gasteiger partial charge is 0.0558 e. The highest BCUT2D eigenvalue weighted by Gasteiger charge is 2.35. The van der Waals surface area contributed by atoms with Gasteiger partial charge in [0.25, 0.3) is 0 Å². The van der Waals surface area contributed by atoms with Gasteiger partial charge in [-0.2, -0.15) is 0 Å². The molecule has 0 aromatic rings. The van der Waals surface area contributed by atoms with Crippen LogP contribution in [0.15, 0.2) is 0 Å². The normalized spacial score (nSPS) is 19.0. The number of aliphatic hydroxyl groups excluding tert-OH is 1. The topological polar surface area (TPSA) is 35.5 Å². The molecule has 3 nitrogen and oxygen atoms in total. The zero-order valence-electron chi connectivity index (χ0n) is 12.5. The van der Waals surface area contributed by atoms with E-state index < -0.39 is 0 Å². The fourth-order valence-corrected chi connectivity index (χ4v) is 3.13. The Bertz CT molecular complexity index is 213. The summed E-state index contributed by atoms with van der Waals surface area (Å²) in [7, 11) is 0. The van der Waals surface area contributed by atoms with Gasteiger partial charge in [0.15, 0.2) is 0 Å². The summed E-state index contributed by atoms with van der Waals surface area (Å²) < 4.78 is 0. The number of hydrogen-bond donors (Lipinski definition) is 2. The molecule has 0 aliphatic heterocycles. The second kappa shape index (κ2) is 8.13. The van der Waals surface area contributed by atoms with E-state index >= 15 is 0 Å². The van der Waals surface area contributed by atoms with Crippen LogP contribution in [0.4, 0.5) is 0 Å². The molecule has 1 saturated carbocycles. The molecule has 0 unspecified atom stereocenters. The molecule has 18 heavy (non-hydrogen) atoms. The van der Waals surface area contributed by atoms with Crippen molar-refractivity contribution in [3.63, 3.8) is 0 Å². The highest BCUT2D eigenvalue weighted by atomic mass is 16.3. The van der Waals surface area contributed by atoms with Crippen LogP contribution in [0.3, 0.4) is 0 Å². The van der Waals surface area contributed by atoms with E-state index in [9.17, 15) is 5.11 Å². The molecule has 0 aromatic carbocycles. The lowest BCUT2D eigenvalue weighted by molar-refractivity contribution is 0.0997. The van der Waals surface area contributed by atoms with Gasteiger partial charge in [-0.15, -0.1) is 0 Å². The van der Waals surface area contributed by atoms with Gasteiger partial charge < -0.3 is 10.4 Å².